The number of amides is 2. The third kappa shape index (κ3) is 3.45. The van der Waals surface area contributed by atoms with Gasteiger partial charge in [0.05, 0.1) is 12.2 Å². The molecule has 8 heteroatoms. The summed E-state index contributed by atoms with van der Waals surface area (Å²) < 4.78 is 5.46. The topological polar surface area (TPSA) is 90.4 Å². The summed E-state index contributed by atoms with van der Waals surface area (Å²) in [4.78, 5) is 45.4. The maximum atomic E-state index is 13.9. The van der Waals surface area contributed by atoms with Crippen LogP contribution in [-0.2, 0) is 19.9 Å². The van der Waals surface area contributed by atoms with Gasteiger partial charge in [0.1, 0.15) is 11.5 Å². The van der Waals surface area contributed by atoms with E-state index in [9.17, 15) is 19.5 Å². The summed E-state index contributed by atoms with van der Waals surface area (Å²) in [6, 6.07) is 13.7. The molecule has 34 heavy (non-hydrogen) atoms. The highest BCUT2D eigenvalue weighted by atomic mass is 16.5. The number of hydrogen-bond donors (Lipinski definition) is 1. The Morgan fingerprint density at radius 1 is 1.06 bits per heavy atom. The van der Waals surface area contributed by atoms with Crippen LogP contribution in [0.15, 0.2) is 54.1 Å². The summed E-state index contributed by atoms with van der Waals surface area (Å²) in [5.41, 5.74) is -0.472. The van der Waals surface area contributed by atoms with E-state index in [1.165, 1.54) is 9.80 Å². The van der Waals surface area contributed by atoms with Gasteiger partial charge in [0.2, 0.25) is 0 Å². The molecule has 0 aliphatic carbocycles. The maximum absolute atomic E-state index is 13.9. The van der Waals surface area contributed by atoms with E-state index >= 15 is 0 Å². The van der Waals surface area contributed by atoms with Gasteiger partial charge >= 0.3 is 0 Å². The molecule has 2 aromatic carbocycles. The van der Waals surface area contributed by atoms with Crippen molar-refractivity contribution in [1.82, 2.24) is 9.80 Å². The van der Waals surface area contributed by atoms with Crippen molar-refractivity contribution in [3.8, 4) is 5.75 Å². The van der Waals surface area contributed by atoms with Gasteiger partial charge in [-0.15, -0.1) is 0 Å². The molecule has 0 aromatic heterocycles. The molecule has 0 bridgehead atoms. The number of aliphatic hydroxyl groups excluding tert-OH is 1. The average molecular weight is 464 g/mol. The summed E-state index contributed by atoms with van der Waals surface area (Å²) in [7, 11) is 5.45. The quantitative estimate of drug-likeness (QED) is 0.386. The fourth-order valence-electron chi connectivity index (χ4n) is 4.84. The highest BCUT2D eigenvalue weighted by Crippen LogP contribution is 2.53. The molecule has 1 spiro atoms. The van der Waals surface area contributed by atoms with Gasteiger partial charge in [0.15, 0.2) is 5.54 Å². The van der Waals surface area contributed by atoms with E-state index in [1.807, 2.05) is 25.9 Å². The minimum atomic E-state index is -1.71. The highest BCUT2D eigenvalue weighted by Gasteiger charge is 2.66. The van der Waals surface area contributed by atoms with Crippen LogP contribution in [0.2, 0.25) is 0 Å². The number of Topliss-reactive ketones (excluding diaryl/α,β-unsaturated/α-hetero) is 1. The van der Waals surface area contributed by atoms with Gasteiger partial charge in [-0.05, 0) is 64.3 Å². The molecular weight excluding hydrogens is 434 g/mol. The number of benzene rings is 2. The lowest BCUT2D eigenvalue weighted by Gasteiger charge is -2.34. The number of anilines is 1. The fourth-order valence-corrected chi connectivity index (χ4v) is 4.84. The van der Waals surface area contributed by atoms with Crippen LogP contribution in [0.4, 0.5) is 5.69 Å². The van der Waals surface area contributed by atoms with Crippen molar-refractivity contribution >= 4 is 29.0 Å². The molecule has 0 radical (unpaired) electrons. The molecule has 0 saturated carbocycles. The molecule has 178 valence electrons. The van der Waals surface area contributed by atoms with E-state index in [0.717, 1.165) is 0 Å². The predicted octanol–water partition coefficient (Wildman–Crippen LogP) is 2.59. The molecule has 4 rings (SSSR count). The van der Waals surface area contributed by atoms with Crippen molar-refractivity contribution in [2.75, 3.05) is 45.7 Å². The summed E-state index contributed by atoms with van der Waals surface area (Å²) >= 11 is 0. The first kappa shape index (κ1) is 23.5. The first-order valence-electron chi connectivity index (χ1n) is 11.3. The number of para-hydroxylation sites is 1. The number of ether oxygens (including phenoxy) is 1. The van der Waals surface area contributed by atoms with E-state index in [2.05, 4.69) is 0 Å². The third-order valence-electron chi connectivity index (χ3n) is 6.37. The van der Waals surface area contributed by atoms with Gasteiger partial charge in [-0.25, -0.2) is 0 Å². The van der Waals surface area contributed by atoms with E-state index in [1.54, 1.807) is 55.6 Å². The lowest BCUT2D eigenvalue weighted by atomic mass is 9.82. The first-order valence-corrected chi connectivity index (χ1v) is 11.3. The van der Waals surface area contributed by atoms with Crippen LogP contribution in [0.25, 0.3) is 5.76 Å². The van der Waals surface area contributed by atoms with Crippen LogP contribution in [-0.4, -0.2) is 73.3 Å². The normalized spacial score (nSPS) is 21.1. The van der Waals surface area contributed by atoms with Gasteiger partial charge < -0.3 is 24.5 Å². The van der Waals surface area contributed by atoms with E-state index in [0.29, 0.717) is 42.1 Å². The number of nitrogens with zero attached hydrogens (tertiary/aromatic N) is 3. The molecule has 1 unspecified atom stereocenters. The van der Waals surface area contributed by atoms with Crippen LogP contribution in [0.5, 0.6) is 5.75 Å². The molecule has 2 heterocycles. The molecule has 1 atom stereocenters. The van der Waals surface area contributed by atoms with Crippen LogP contribution in [0.1, 0.15) is 24.5 Å². The SMILES string of the molecule is CCOc1ccc(/C(O)=C2/C(=O)C(=O)N(CCCN(C)C)C23C(=O)N(C)c2ccccc23)cc1. The van der Waals surface area contributed by atoms with E-state index in [4.69, 9.17) is 4.74 Å². The van der Waals surface area contributed by atoms with Crippen LogP contribution in [0, 0.1) is 0 Å². The summed E-state index contributed by atoms with van der Waals surface area (Å²) in [6.07, 6.45) is 0.560. The largest absolute Gasteiger partial charge is 0.507 e. The molecule has 1 saturated heterocycles. The number of ketones is 1. The van der Waals surface area contributed by atoms with E-state index in [-0.39, 0.29) is 17.9 Å². The number of rotatable bonds is 7. The Bertz CT molecular complexity index is 1170. The minimum absolute atomic E-state index is 0.191. The second-order valence-electron chi connectivity index (χ2n) is 8.72. The maximum Gasteiger partial charge on any atom is 0.296 e. The smallest absolute Gasteiger partial charge is 0.296 e. The standard InChI is InChI=1S/C26H29N3O5/c1-5-34-18-13-11-17(12-14-18)22(30)21-23(31)24(32)29(16-8-15-27(2)3)26(21)19-9-6-7-10-20(19)28(4)25(26)33/h6-7,9-14,30H,5,8,15-16H2,1-4H3/b22-21+. The van der Waals surface area contributed by atoms with Crippen molar-refractivity contribution in [3.05, 3.63) is 65.2 Å². The Labute approximate surface area is 199 Å². The van der Waals surface area contributed by atoms with Crippen LogP contribution in [0.3, 0.4) is 0 Å². The molecular formula is C26H29N3O5. The molecule has 2 amide bonds. The third-order valence-corrected chi connectivity index (χ3v) is 6.37. The second kappa shape index (κ2) is 8.95. The molecule has 2 aromatic rings. The predicted molar refractivity (Wildman–Crippen MR) is 129 cm³/mol. The van der Waals surface area contributed by atoms with Gasteiger partial charge in [0.25, 0.3) is 17.6 Å². The Balaban J connectivity index is 1.93. The van der Waals surface area contributed by atoms with Gasteiger partial charge in [-0.1, -0.05) is 18.2 Å². The summed E-state index contributed by atoms with van der Waals surface area (Å²) in [5, 5.41) is 11.4. The van der Waals surface area contributed by atoms with Gasteiger partial charge in [-0.2, -0.15) is 0 Å². The lowest BCUT2D eigenvalue weighted by Crippen LogP contribution is -2.51. The molecule has 8 nitrogen and oxygen atoms in total. The zero-order valence-electron chi connectivity index (χ0n) is 19.9. The number of fused-ring (bicyclic) bond motifs is 2. The Morgan fingerprint density at radius 3 is 2.38 bits per heavy atom. The first-order chi connectivity index (χ1) is 16.2. The zero-order chi connectivity index (χ0) is 24.6. The zero-order valence-corrected chi connectivity index (χ0v) is 19.9. The molecule has 2 aliphatic heterocycles. The number of hydrogen-bond acceptors (Lipinski definition) is 6. The van der Waals surface area contributed by atoms with Crippen LogP contribution >= 0.6 is 0 Å². The molecule has 1 fully saturated rings. The van der Waals surface area contributed by atoms with Gasteiger partial charge in [0, 0.05) is 30.4 Å². The second-order valence-corrected chi connectivity index (χ2v) is 8.72. The van der Waals surface area contributed by atoms with Crippen molar-refractivity contribution in [2.45, 2.75) is 18.9 Å². The fraction of sp³-hybridized carbons (Fsp3) is 0.346. The van der Waals surface area contributed by atoms with Crippen LogP contribution < -0.4 is 9.64 Å². The monoisotopic (exact) mass is 463 g/mol. The van der Waals surface area contributed by atoms with Gasteiger partial charge in [-0.3, -0.25) is 14.4 Å². The van der Waals surface area contributed by atoms with Crippen molar-refractivity contribution in [3.63, 3.8) is 0 Å². The summed E-state index contributed by atoms with van der Waals surface area (Å²) in [6.45, 7) is 3.22. The number of likely N-dealkylation sites (tertiary alicyclic amines) is 1. The van der Waals surface area contributed by atoms with Crippen molar-refractivity contribution < 1.29 is 24.2 Å². The molecule has 2 aliphatic rings. The Hall–Kier alpha value is -3.65. The van der Waals surface area contributed by atoms with Crippen molar-refractivity contribution in [2.24, 2.45) is 0 Å². The van der Waals surface area contributed by atoms with Crippen molar-refractivity contribution in [1.29, 1.82) is 0 Å². The lowest BCUT2D eigenvalue weighted by molar-refractivity contribution is -0.143. The number of carbonyl (C=O) groups is 3. The highest BCUT2D eigenvalue weighted by molar-refractivity contribution is 6.50. The van der Waals surface area contributed by atoms with E-state index < -0.39 is 23.1 Å². The minimum Gasteiger partial charge on any atom is -0.507 e. The summed E-state index contributed by atoms with van der Waals surface area (Å²) in [5.74, 6) is -1.86. The number of carbonyl (C=O) groups excluding carboxylic acids is 3. The number of likely N-dealkylation sites (N-methyl/N-ethyl adjacent to an activating group) is 1. The molecule has 1 N–H and O–H groups in total. The number of aliphatic hydroxyl groups is 1. The average Bonchev–Trinajstić information content (AvgIpc) is 3.18. The Kier molecular flexibility index (Phi) is 6.18. The Morgan fingerprint density at radius 2 is 1.74 bits per heavy atom.